The molecule has 0 aromatic heterocycles. The van der Waals surface area contributed by atoms with Gasteiger partial charge in [-0.25, -0.2) is 9.59 Å². The molecule has 1 aromatic rings. The Labute approximate surface area is 238 Å². The lowest BCUT2D eigenvalue weighted by Crippen LogP contribution is -2.42. The number of aliphatic carboxylic acids is 1. The lowest BCUT2D eigenvalue weighted by Gasteiger charge is -2.15. The van der Waals surface area contributed by atoms with Gasteiger partial charge in [-0.1, -0.05) is 84.3 Å². The fraction of sp³-hybridized carbons (Fsp3) is 0.645. The molecule has 0 aliphatic carbocycles. The Kier molecular flexibility index (Phi) is 16.6. The Morgan fingerprint density at radius 3 is 2.08 bits per heavy atom. The highest BCUT2D eigenvalue weighted by Crippen LogP contribution is 2.22. The number of aromatic carboxylic acids is 1. The molecule has 0 saturated heterocycles. The van der Waals surface area contributed by atoms with Crippen molar-refractivity contribution in [2.75, 3.05) is 11.5 Å². The SMILES string of the molecule is C/C(=C\CSCC(NC(=O)c1ccc(O)c(C(=O)O)c1)C(=O)O)CCCC(C)CCCC(C)CCCC(C)C. The summed E-state index contributed by atoms with van der Waals surface area (Å²) in [5.41, 5.74) is 0.846. The second-order valence-corrected chi connectivity index (χ2v) is 12.4. The molecule has 39 heavy (non-hydrogen) atoms. The molecule has 0 spiro atoms. The Morgan fingerprint density at radius 2 is 1.51 bits per heavy atom. The Hall–Kier alpha value is -2.48. The van der Waals surface area contributed by atoms with Crippen LogP contribution < -0.4 is 5.32 Å². The van der Waals surface area contributed by atoms with Crippen LogP contribution in [0.3, 0.4) is 0 Å². The van der Waals surface area contributed by atoms with Gasteiger partial charge < -0.3 is 20.6 Å². The van der Waals surface area contributed by atoms with E-state index in [9.17, 15) is 24.6 Å². The van der Waals surface area contributed by atoms with Gasteiger partial charge in [-0.3, -0.25) is 4.79 Å². The number of aromatic hydroxyl groups is 1. The van der Waals surface area contributed by atoms with Crippen LogP contribution in [0.5, 0.6) is 5.75 Å². The third-order valence-electron chi connectivity index (χ3n) is 7.07. The van der Waals surface area contributed by atoms with E-state index < -0.39 is 35.2 Å². The van der Waals surface area contributed by atoms with Crippen LogP contribution >= 0.6 is 11.8 Å². The lowest BCUT2D eigenvalue weighted by atomic mass is 9.91. The Bertz CT molecular complexity index is 945. The average molecular weight is 564 g/mol. The maximum atomic E-state index is 12.5. The number of thioether (sulfide) groups is 1. The van der Waals surface area contributed by atoms with E-state index >= 15 is 0 Å². The topological polar surface area (TPSA) is 124 Å². The van der Waals surface area contributed by atoms with Gasteiger partial charge in [0.25, 0.3) is 5.91 Å². The molecule has 0 fully saturated rings. The first kappa shape index (κ1) is 34.5. The molecule has 3 atom stereocenters. The summed E-state index contributed by atoms with van der Waals surface area (Å²) in [6.07, 6.45) is 13.5. The summed E-state index contributed by atoms with van der Waals surface area (Å²) < 4.78 is 0. The summed E-state index contributed by atoms with van der Waals surface area (Å²) in [7, 11) is 0. The first-order valence-corrected chi connectivity index (χ1v) is 15.4. The van der Waals surface area contributed by atoms with Crippen molar-refractivity contribution in [2.24, 2.45) is 17.8 Å². The minimum Gasteiger partial charge on any atom is -0.507 e. The summed E-state index contributed by atoms with van der Waals surface area (Å²) in [5.74, 6) is -0.502. The number of carboxylic acids is 2. The van der Waals surface area contributed by atoms with Crippen molar-refractivity contribution in [1.29, 1.82) is 0 Å². The zero-order valence-corrected chi connectivity index (χ0v) is 25.2. The van der Waals surface area contributed by atoms with Crippen LogP contribution in [-0.2, 0) is 4.79 Å². The summed E-state index contributed by atoms with van der Waals surface area (Å²) in [6, 6.07) is 2.28. The molecule has 0 aliphatic heterocycles. The van der Waals surface area contributed by atoms with Gasteiger partial charge in [-0.15, -0.1) is 0 Å². The molecular formula is C31H49NO6S. The highest BCUT2D eigenvalue weighted by Gasteiger charge is 2.22. The van der Waals surface area contributed by atoms with Gasteiger partial charge in [0.05, 0.1) is 0 Å². The molecule has 0 heterocycles. The lowest BCUT2D eigenvalue weighted by molar-refractivity contribution is -0.138. The number of rotatable bonds is 20. The number of amides is 1. The van der Waals surface area contributed by atoms with E-state index in [0.717, 1.165) is 42.7 Å². The van der Waals surface area contributed by atoms with E-state index in [1.807, 2.05) is 0 Å². The van der Waals surface area contributed by atoms with E-state index in [-0.39, 0.29) is 11.3 Å². The molecule has 0 radical (unpaired) electrons. The van der Waals surface area contributed by atoms with Crippen LogP contribution in [0.2, 0.25) is 0 Å². The van der Waals surface area contributed by atoms with Crippen molar-refractivity contribution in [3.05, 3.63) is 41.0 Å². The number of hydrogen-bond acceptors (Lipinski definition) is 5. The number of carboxylic acid groups (broad SMARTS) is 2. The van der Waals surface area contributed by atoms with Gasteiger partial charge in [0.15, 0.2) is 0 Å². The highest BCUT2D eigenvalue weighted by atomic mass is 32.2. The quantitative estimate of drug-likeness (QED) is 0.0963. The molecule has 4 N–H and O–H groups in total. The zero-order chi connectivity index (χ0) is 29.4. The van der Waals surface area contributed by atoms with Crippen molar-refractivity contribution < 1.29 is 29.7 Å². The molecular weight excluding hydrogens is 514 g/mol. The molecule has 220 valence electrons. The molecule has 0 saturated carbocycles. The fourth-order valence-corrected chi connectivity index (χ4v) is 5.46. The molecule has 3 unspecified atom stereocenters. The van der Waals surface area contributed by atoms with E-state index in [4.69, 9.17) is 5.11 Å². The van der Waals surface area contributed by atoms with E-state index in [1.54, 1.807) is 0 Å². The standard InChI is InChI=1S/C31H49NO6S/c1-21(2)9-6-10-22(3)11-7-12-23(4)13-8-14-24(5)17-18-39-20-27(31(37)38)32-29(34)25-15-16-28(33)26(19-25)30(35)36/h15-17,19,21-23,27,33H,6-14,18,20H2,1-5H3,(H,32,34)(H,35,36)(H,37,38)/b24-17+. The summed E-state index contributed by atoms with van der Waals surface area (Å²) in [6.45, 7) is 11.4. The number of benzene rings is 1. The number of hydrogen-bond donors (Lipinski definition) is 4. The van der Waals surface area contributed by atoms with Gasteiger partial charge >= 0.3 is 11.9 Å². The van der Waals surface area contributed by atoms with Gasteiger partial charge in [0.1, 0.15) is 17.4 Å². The van der Waals surface area contributed by atoms with Crippen molar-refractivity contribution in [3.8, 4) is 5.75 Å². The maximum absolute atomic E-state index is 12.5. The van der Waals surface area contributed by atoms with Gasteiger partial charge in [-0.2, -0.15) is 11.8 Å². The molecule has 1 amide bonds. The third kappa shape index (κ3) is 15.0. The largest absolute Gasteiger partial charge is 0.507 e. The van der Waals surface area contributed by atoms with Crippen LogP contribution in [-0.4, -0.2) is 50.7 Å². The predicted molar refractivity (Wildman–Crippen MR) is 160 cm³/mol. The van der Waals surface area contributed by atoms with Crippen LogP contribution in [0.25, 0.3) is 0 Å². The number of carbonyl (C=O) groups is 3. The number of phenols is 1. The predicted octanol–water partition coefficient (Wildman–Crippen LogP) is 7.39. The minimum atomic E-state index is -1.37. The number of allylic oxidation sites excluding steroid dienone is 1. The smallest absolute Gasteiger partial charge is 0.339 e. The zero-order valence-electron chi connectivity index (χ0n) is 24.4. The van der Waals surface area contributed by atoms with Gasteiger partial charge in [0.2, 0.25) is 0 Å². The molecule has 1 aromatic carbocycles. The van der Waals surface area contributed by atoms with Crippen LogP contribution in [0, 0.1) is 17.8 Å². The third-order valence-corrected chi connectivity index (χ3v) is 8.04. The van der Waals surface area contributed by atoms with Crippen LogP contribution in [0.15, 0.2) is 29.8 Å². The molecule has 1 rings (SSSR count). The van der Waals surface area contributed by atoms with Gasteiger partial charge in [-0.05, 0) is 55.7 Å². The van der Waals surface area contributed by atoms with Gasteiger partial charge in [0, 0.05) is 17.1 Å². The van der Waals surface area contributed by atoms with Crippen molar-refractivity contribution >= 4 is 29.6 Å². The van der Waals surface area contributed by atoms with Crippen molar-refractivity contribution in [1.82, 2.24) is 5.32 Å². The Morgan fingerprint density at radius 1 is 0.923 bits per heavy atom. The highest BCUT2D eigenvalue weighted by molar-refractivity contribution is 7.99. The summed E-state index contributed by atoms with van der Waals surface area (Å²) in [4.78, 5) is 35.3. The minimum absolute atomic E-state index is 0.0254. The van der Waals surface area contributed by atoms with E-state index in [1.165, 1.54) is 68.3 Å². The fourth-order valence-electron chi connectivity index (χ4n) is 4.46. The summed E-state index contributed by atoms with van der Waals surface area (Å²) in [5, 5.41) is 30.6. The monoisotopic (exact) mass is 563 g/mol. The molecule has 0 aliphatic rings. The van der Waals surface area contributed by atoms with E-state index in [2.05, 4.69) is 46.0 Å². The normalized spacial score (nSPS) is 14.2. The maximum Gasteiger partial charge on any atom is 0.339 e. The Balaban J connectivity index is 2.33. The average Bonchev–Trinajstić information content (AvgIpc) is 2.85. The van der Waals surface area contributed by atoms with Crippen molar-refractivity contribution in [3.63, 3.8) is 0 Å². The van der Waals surface area contributed by atoms with Crippen molar-refractivity contribution in [2.45, 2.75) is 98.4 Å². The molecule has 8 heteroatoms. The summed E-state index contributed by atoms with van der Waals surface area (Å²) >= 11 is 1.42. The number of carbonyl (C=O) groups excluding carboxylic acids is 1. The second-order valence-electron chi connectivity index (χ2n) is 11.3. The first-order valence-electron chi connectivity index (χ1n) is 14.2. The second kappa shape index (κ2) is 18.7. The molecule has 0 bridgehead atoms. The molecule has 7 nitrogen and oxygen atoms in total. The van der Waals surface area contributed by atoms with E-state index in [0.29, 0.717) is 5.75 Å². The number of nitrogens with one attached hydrogen (secondary N) is 1. The van der Waals surface area contributed by atoms with Crippen LogP contribution in [0.1, 0.15) is 113 Å². The first-order chi connectivity index (χ1) is 18.4. The van der Waals surface area contributed by atoms with Crippen LogP contribution in [0.4, 0.5) is 0 Å².